The lowest BCUT2D eigenvalue weighted by atomic mass is 10.1. The Hall–Kier alpha value is -3.15. The van der Waals surface area contributed by atoms with E-state index in [1.165, 1.54) is 4.90 Å². The second kappa shape index (κ2) is 10.2. The van der Waals surface area contributed by atoms with E-state index in [-0.39, 0.29) is 18.6 Å². The maximum atomic E-state index is 12.4. The molecule has 1 fully saturated rings. The number of aromatic nitrogens is 2. The number of hydrogen-bond acceptors (Lipinski definition) is 9. The van der Waals surface area contributed by atoms with E-state index in [4.69, 9.17) is 31.5 Å². The minimum absolute atomic E-state index is 0.0457. The molecule has 186 valence electrons. The van der Waals surface area contributed by atoms with Crippen molar-refractivity contribution in [2.24, 2.45) is 11.7 Å². The Morgan fingerprint density at radius 3 is 3.06 bits per heavy atom. The van der Waals surface area contributed by atoms with Crippen molar-refractivity contribution in [3.63, 3.8) is 0 Å². The first-order valence-corrected chi connectivity index (χ1v) is 12.0. The standard InChI is InChI=1S/C23H27ClN6O5/c24-20-16-8-13(7-14(16)10-27-22(20)33-6-4-25)9-26-5-3-15-11-30(23(32)35-15)18-2-1-17-21(28-18)29-19(31)12-34-17/h1-2,10,13,15,26H,3-9,11-12,25H2,(H,28,29,31). The van der Waals surface area contributed by atoms with Gasteiger partial charge in [-0.05, 0) is 61.5 Å². The van der Waals surface area contributed by atoms with Gasteiger partial charge in [0.25, 0.3) is 5.91 Å². The van der Waals surface area contributed by atoms with Crippen molar-refractivity contribution < 1.29 is 23.8 Å². The zero-order valence-electron chi connectivity index (χ0n) is 19.1. The van der Waals surface area contributed by atoms with Crippen LogP contribution in [0.2, 0.25) is 5.02 Å². The number of cyclic esters (lactones) is 1. The smallest absolute Gasteiger partial charge is 0.415 e. The largest absolute Gasteiger partial charge is 0.480 e. The van der Waals surface area contributed by atoms with Gasteiger partial charge in [-0.1, -0.05) is 11.6 Å². The van der Waals surface area contributed by atoms with Crippen LogP contribution in [-0.4, -0.2) is 67.5 Å². The second-order valence-electron chi connectivity index (χ2n) is 8.75. The summed E-state index contributed by atoms with van der Waals surface area (Å²) in [6, 6.07) is 3.37. The Labute approximate surface area is 207 Å². The Morgan fingerprint density at radius 1 is 1.31 bits per heavy atom. The average Bonchev–Trinajstić information content (AvgIpc) is 3.44. The molecule has 0 radical (unpaired) electrons. The van der Waals surface area contributed by atoms with E-state index < -0.39 is 6.09 Å². The first-order chi connectivity index (χ1) is 17.0. The summed E-state index contributed by atoms with van der Waals surface area (Å²) in [5.74, 6) is 1.78. The average molecular weight is 503 g/mol. The van der Waals surface area contributed by atoms with Gasteiger partial charge in [0, 0.05) is 12.7 Å². The van der Waals surface area contributed by atoms with Gasteiger partial charge in [0.15, 0.2) is 18.2 Å². The highest BCUT2D eigenvalue weighted by atomic mass is 35.5. The molecule has 2 unspecified atom stereocenters. The summed E-state index contributed by atoms with van der Waals surface area (Å²) in [5, 5.41) is 6.71. The summed E-state index contributed by atoms with van der Waals surface area (Å²) in [6.07, 6.45) is 3.58. The predicted molar refractivity (Wildman–Crippen MR) is 128 cm³/mol. The minimum atomic E-state index is -0.452. The van der Waals surface area contributed by atoms with E-state index in [1.807, 2.05) is 6.20 Å². The van der Waals surface area contributed by atoms with E-state index >= 15 is 0 Å². The number of amides is 2. The van der Waals surface area contributed by atoms with Crippen molar-refractivity contribution in [2.75, 3.05) is 49.6 Å². The number of ether oxygens (including phenoxy) is 3. The number of fused-ring (bicyclic) bond motifs is 2. The van der Waals surface area contributed by atoms with Crippen LogP contribution in [0.1, 0.15) is 17.5 Å². The molecular weight excluding hydrogens is 476 g/mol. The van der Waals surface area contributed by atoms with Crippen molar-refractivity contribution in [3.8, 4) is 11.6 Å². The minimum Gasteiger partial charge on any atom is -0.480 e. The molecule has 1 aliphatic carbocycles. The molecule has 12 heteroatoms. The molecule has 1 saturated heterocycles. The van der Waals surface area contributed by atoms with Crippen molar-refractivity contribution in [3.05, 3.63) is 34.5 Å². The highest BCUT2D eigenvalue weighted by Crippen LogP contribution is 2.36. The normalized spacial score (nSPS) is 20.7. The highest BCUT2D eigenvalue weighted by molar-refractivity contribution is 6.32. The number of rotatable bonds is 9. The van der Waals surface area contributed by atoms with E-state index in [0.717, 1.165) is 30.5 Å². The molecule has 5 rings (SSSR count). The number of hydrogen-bond donors (Lipinski definition) is 3. The van der Waals surface area contributed by atoms with Gasteiger partial charge in [0.05, 0.1) is 6.54 Å². The van der Waals surface area contributed by atoms with Crippen molar-refractivity contribution >= 4 is 35.2 Å². The van der Waals surface area contributed by atoms with Crippen LogP contribution in [0, 0.1) is 5.92 Å². The van der Waals surface area contributed by atoms with Gasteiger partial charge < -0.3 is 30.6 Å². The zero-order valence-corrected chi connectivity index (χ0v) is 19.8. The quantitative estimate of drug-likeness (QED) is 0.435. The number of halogens is 1. The molecule has 2 aromatic heterocycles. The van der Waals surface area contributed by atoms with Crippen LogP contribution in [0.15, 0.2) is 18.3 Å². The number of nitrogens with zero attached hydrogens (tertiary/aromatic N) is 3. The van der Waals surface area contributed by atoms with Gasteiger partial charge in [0.2, 0.25) is 5.88 Å². The molecule has 35 heavy (non-hydrogen) atoms. The van der Waals surface area contributed by atoms with Crippen LogP contribution in [0.4, 0.5) is 16.4 Å². The van der Waals surface area contributed by atoms with Gasteiger partial charge in [-0.2, -0.15) is 0 Å². The molecule has 0 bridgehead atoms. The Kier molecular flexibility index (Phi) is 6.89. The van der Waals surface area contributed by atoms with Crippen LogP contribution in [-0.2, 0) is 22.4 Å². The zero-order chi connectivity index (χ0) is 24.4. The fraction of sp³-hybridized carbons (Fsp3) is 0.478. The molecule has 3 aliphatic rings. The fourth-order valence-electron chi connectivity index (χ4n) is 4.54. The number of carbonyl (C=O) groups excluding carboxylic acids is 2. The van der Waals surface area contributed by atoms with Crippen LogP contribution in [0.3, 0.4) is 0 Å². The van der Waals surface area contributed by atoms with Gasteiger partial charge >= 0.3 is 6.09 Å². The van der Waals surface area contributed by atoms with Gasteiger partial charge in [-0.25, -0.2) is 14.8 Å². The molecule has 2 atom stereocenters. The molecule has 4 heterocycles. The van der Waals surface area contributed by atoms with Crippen molar-refractivity contribution in [1.82, 2.24) is 15.3 Å². The first-order valence-electron chi connectivity index (χ1n) is 11.6. The van der Waals surface area contributed by atoms with Gasteiger partial charge in [0.1, 0.15) is 23.6 Å². The van der Waals surface area contributed by atoms with E-state index in [0.29, 0.717) is 66.9 Å². The Morgan fingerprint density at radius 2 is 2.20 bits per heavy atom. The van der Waals surface area contributed by atoms with Crippen LogP contribution in [0.25, 0.3) is 0 Å². The number of pyridine rings is 2. The molecular formula is C23H27ClN6O5. The summed E-state index contributed by atoms with van der Waals surface area (Å²) in [6.45, 7) is 2.66. The number of anilines is 2. The maximum Gasteiger partial charge on any atom is 0.415 e. The van der Waals surface area contributed by atoms with Crippen molar-refractivity contribution in [1.29, 1.82) is 0 Å². The van der Waals surface area contributed by atoms with E-state index in [1.54, 1.807) is 12.1 Å². The third-order valence-electron chi connectivity index (χ3n) is 6.22. The molecule has 2 aliphatic heterocycles. The number of nitrogens with one attached hydrogen (secondary N) is 2. The number of carbonyl (C=O) groups is 2. The lowest BCUT2D eigenvalue weighted by Crippen LogP contribution is -2.30. The summed E-state index contributed by atoms with van der Waals surface area (Å²) in [5.41, 5.74) is 7.74. The summed E-state index contributed by atoms with van der Waals surface area (Å²) in [4.78, 5) is 34.1. The lowest BCUT2D eigenvalue weighted by molar-refractivity contribution is -0.118. The summed E-state index contributed by atoms with van der Waals surface area (Å²) in [7, 11) is 0. The maximum absolute atomic E-state index is 12.4. The Bertz CT molecular complexity index is 1130. The molecule has 2 amide bonds. The molecule has 11 nitrogen and oxygen atoms in total. The summed E-state index contributed by atoms with van der Waals surface area (Å²) < 4.78 is 16.4. The Balaban J connectivity index is 1.08. The third-order valence-corrected chi connectivity index (χ3v) is 6.61. The monoisotopic (exact) mass is 502 g/mol. The predicted octanol–water partition coefficient (Wildman–Crippen LogP) is 1.52. The van der Waals surface area contributed by atoms with Crippen molar-refractivity contribution in [2.45, 2.75) is 25.4 Å². The first kappa shape index (κ1) is 23.6. The van der Waals surface area contributed by atoms with E-state index in [9.17, 15) is 9.59 Å². The SMILES string of the molecule is NCCOc1ncc2c(c1Cl)CC(CNCCC1CN(c3ccc4c(n3)NC(=O)CO4)C(=O)O1)C2. The third kappa shape index (κ3) is 5.12. The van der Waals surface area contributed by atoms with Crippen LogP contribution in [0.5, 0.6) is 11.6 Å². The molecule has 0 aromatic carbocycles. The summed E-state index contributed by atoms with van der Waals surface area (Å²) >= 11 is 6.49. The highest BCUT2D eigenvalue weighted by Gasteiger charge is 2.34. The van der Waals surface area contributed by atoms with Gasteiger partial charge in [-0.3, -0.25) is 9.69 Å². The van der Waals surface area contributed by atoms with E-state index in [2.05, 4.69) is 20.6 Å². The molecule has 2 aromatic rings. The van der Waals surface area contributed by atoms with Gasteiger partial charge in [-0.15, -0.1) is 0 Å². The molecule has 4 N–H and O–H groups in total. The lowest BCUT2D eigenvalue weighted by Gasteiger charge is -2.19. The topological polar surface area (TPSA) is 141 Å². The van der Waals surface area contributed by atoms with Crippen LogP contribution >= 0.6 is 11.6 Å². The van der Waals surface area contributed by atoms with Crippen LogP contribution < -0.4 is 30.7 Å². The second-order valence-corrected chi connectivity index (χ2v) is 9.13. The molecule has 0 spiro atoms. The fourth-order valence-corrected chi connectivity index (χ4v) is 4.84. The molecule has 0 saturated carbocycles. The number of nitrogens with two attached hydrogens (primary N) is 1.